The van der Waals surface area contributed by atoms with Crippen molar-refractivity contribution in [3.05, 3.63) is 29.3 Å². The van der Waals surface area contributed by atoms with Crippen LogP contribution in [0.3, 0.4) is 0 Å². The maximum atomic E-state index is 8.89. The lowest BCUT2D eigenvalue weighted by atomic mass is 9.94. The quantitative estimate of drug-likeness (QED) is 0.864. The topological polar surface area (TPSA) is 32.7 Å². The molecule has 1 heterocycles. The van der Waals surface area contributed by atoms with Crippen LogP contribution in [0.5, 0.6) is 5.75 Å². The minimum Gasteiger partial charge on any atom is -0.497 e. The standard InChI is InChI=1S/C18H25NO2/c1-3-15-8-10-19(11-9-15)14-17-13-18(21-2)7-6-16(17)5-4-12-20/h6-7,13,15,20H,3,8-12,14H2,1-2H3. The summed E-state index contributed by atoms with van der Waals surface area (Å²) in [5.41, 5.74) is 2.17. The number of aliphatic hydroxyl groups excluding tert-OH is 1. The van der Waals surface area contributed by atoms with Gasteiger partial charge in [-0.15, -0.1) is 0 Å². The van der Waals surface area contributed by atoms with E-state index in [2.05, 4.69) is 29.7 Å². The Kier molecular flexibility index (Phi) is 6.10. The van der Waals surface area contributed by atoms with Crippen LogP contribution in [0.4, 0.5) is 0 Å². The predicted octanol–water partition coefficient (Wildman–Crippen LogP) is 2.66. The van der Waals surface area contributed by atoms with E-state index in [-0.39, 0.29) is 6.61 Å². The number of likely N-dealkylation sites (tertiary alicyclic amines) is 1. The van der Waals surface area contributed by atoms with Crippen molar-refractivity contribution in [1.29, 1.82) is 0 Å². The zero-order valence-corrected chi connectivity index (χ0v) is 13.1. The number of nitrogens with zero attached hydrogens (tertiary/aromatic N) is 1. The molecule has 0 aromatic heterocycles. The zero-order chi connectivity index (χ0) is 15.1. The molecule has 1 N–H and O–H groups in total. The summed E-state index contributed by atoms with van der Waals surface area (Å²) < 4.78 is 5.32. The van der Waals surface area contributed by atoms with Crippen LogP contribution in [-0.2, 0) is 6.54 Å². The summed E-state index contributed by atoms with van der Waals surface area (Å²) in [6, 6.07) is 5.97. The monoisotopic (exact) mass is 287 g/mol. The molecular formula is C18H25NO2. The molecule has 0 saturated carbocycles. The second kappa shape index (κ2) is 8.07. The smallest absolute Gasteiger partial charge is 0.119 e. The fourth-order valence-electron chi connectivity index (χ4n) is 2.88. The minimum absolute atomic E-state index is 0.104. The van der Waals surface area contributed by atoms with Crippen molar-refractivity contribution < 1.29 is 9.84 Å². The van der Waals surface area contributed by atoms with Gasteiger partial charge in [0.15, 0.2) is 0 Å². The first-order valence-electron chi connectivity index (χ1n) is 7.75. The fourth-order valence-corrected chi connectivity index (χ4v) is 2.88. The molecule has 0 atom stereocenters. The number of benzene rings is 1. The van der Waals surface area contributed by atoms with Crippen molar-refractivity contribution >= 4 is 0 Å². The van der Waals surface area contributed by atoms with Crippen molar-refractivity contribution in [2.45, 2.75) is 32.7 Å². The third-order valence-electron chi connectivity index (χ3n) is 4.29. The van der Waals surface area contributed by atoms with Crippen LogP contribution in [0, 0.1) is 17.8 Å². The number of piperidine rings is 1. The summed E-state index contributed by atoms with van der Waals surface area (Å²) in [6.07, 6.45) is 3.87. The summed E-state index contributed by atoms with van der Waals surface area (Å²) in [5.74, 6) is 7.54. The van der Waals surface area contributed by atoms with Gasteiger partial charge in [0.05, 0.1) is 7.11 Å². The minimum atomic E-state index is -0.104. The molecule has 0 bridgehead atoms. The Bertz CT molecular complexity index is 508. The molecule has 0 spiro atoms. The number of aliphatic hydroxyl groups is 1. The van der Waals surface area contributed by atoms with Gasteiger partial charge in [-0.05, 0) is 55.6 Å². The lowest BCUT2D eigenvalue weighted by Gasteiger charge is -2.31. The first kappa shape index (κ1) is 15.9. The van der Waals surface area contributed by atoms with Crippen molar-refractivity contribution in [2.75, 3.05) is 26.8 Å². The van der Waals surface area contributed by atoms with E-state index in [1.807, 2.05) is 12.1 Å². The lowest BCUT2D eigenvalue weighted by molar-refractivity contribution is 0.175. The van der Waals surface area contributed by atoms with E-state index >= 15 is 0 Å². The maximum Gasteiger partial charge on any atom is 0.119 e. The van der Waals surface area contributed by atoms with Crippen LogP contribution < -0.4 is 4.74 Å². The van der Waals surface area contributed by atoms with Gasteiger partial charge in [-0.25, -0.2) is 0 Å². The highest BCUT2D eigenvalue weighted by molar-refractivity contribution is 5.45. The third-order valence-corrected chi connectivity index (χ3v) is 4.29. The molecule has 2 rings (SSSR count). The Labute approximate surface area is 127 Å². The molecule has 3 heteroatoms. The van der Waals surface area contributed by atoms with Crippen LogP contribution in [0.2, 0.25) is 0 Å². The highest BCUT2D eigenvalue weighted by atomic mass is 16.5. The molecule has 1 aliphatic heterocycles. The SMILES string of the molecule is CCC1CCN(Cc2cc(OC)ccc2C#CCO)CC1. The molecule has 21 heavy (non-hydrogen) atoms. The molecule has 1 aromatic carbocycles. The van der Waals surface area contributed by atoms with Gasteiger partial charge in [-0.3, -0.25) is 4.90 Å². The highest BCUT2D eigenvalue weighted by Gasteiger charge is 2.18. The van der Waals surface area contributed by atoms with Crippen LogP contribution in [0.1, 0.15) is 37.3 Å². The first-order chi connectivity index (χ1) is 10.3. The van der Waals surface area contributed by atoms with Crippen LogP contribution in [0.15, 0.2) is 18.2 Å². The second-order valence-electron chi connectivity index (χ2n) is 5.61. The molecule has 0 radical (unpaired) electrons. The van der Waals surface area contributed by atoms with Gasteiger partial charge in [0.1, 0.15) is 12.4 Å². The first-order valence-corrected chi connectivity index (χ1v) is 7.75. The van der Waals surface area contributed by atoms with E-state index < -0.39 is 0 Å². The molecule has 1 aromatic rings. The molecule has 3 nitrogen and oxygen atoms in total. The molecule has 0 amide bonds. The summed E-state index contributed by atoms with van der Waals surface area (Å²) >= 11 is 0. The van der Waals surface area contributed by atoms with Crippen molar-refractivity contribution in [1.82, 2.24) is 4.90 Å². The summed E-state index contributed by atoms with van der Waals surface area (Å²) in [5, 5.41) is 8.89. The van der Waals surface area contributed by atoms with E-state index in [1.165, 1.54) is 24.8 Å². The maximum absolute atomic E-state index is 8.89. The normalized spacial score (nSPS) is 16.3. The van der Waals surface area contributed by atoms with E-state index in [0.29, 0.717) is 0 Å². The van der Waals surface area contributed by atoms with Gasteiger partial charge in [0.2, 0.25) is 0 Å². The van der Waals surface area contributed by atoms with Crippen LogP contribution in [0.25, 0.3) is 0 Å². The van der Waals surface area contributed by atoms with E-state index in [1.54, 1.807) is 7.11 Å². The Morgan fingerprint density at radius 2 is 2.10 bits per heavy atom. The predicted molar refractivity (Wildman–Crippen MR) is 85.2 cm³/mol. The molecule has 0 unspecified atom stereocenters. The average Bonchev–Trinajstić information content (AvgIpc) is 2.54. The van der Waals surface area contributed by atoms with Gasteiger partial charge in [0.25, 0.3) is 0 Å². The van der Waals surface area contributed by atoms with Crippen molar-refractivity contribution in [2.24, 2.45) is 5.92 Å². The largest absolute Gasteiger partial charge is 0.497 e. The molecular weight excluding hydrogens is 262 g/mol. The highest BCUT2D eigenvalue weighted by Crippen LogP contribution is 2.24. The Balaban J connectivity index is 2.10. The van der Waals surface area contributed by atoms with Gasteiger partial charge in [-0.2, -0.15) is 0 Å². The molecule has 1 fully saturated rings. The molecule has 0 aliphatic carbocycles. The average molecular weight is 287 g/mol. The van der Waals surface area contributed by atoms with Gasteiger partial charge in [0, 0.05) is 12.1 Å². The van der Waals surface area contributed by atoms with Crippen molar-refractivity contribution in [3.8, 4) is 17.6 Å². The number of rotatable bonds is 4. The van der Waals surface area contributed by atoms with Crippen LogP contribution >= 0.6 is 0 Å². The fraction of sp³-hybridized carbons (Fsp3) is 0.556. The third kappa shape index (κ3) is 4.49. The number of methoxy groups -OCH3 is 1. The van der Waals surface area contributed by atoms with Gasteiger partial charge >= 0.3 is 0 Å². The molecule has 1 saturated heterocycles. The zero-order valence-electron chi connectivity index (χ0n) is 13.1. The van der Waals surface area contributed by atoms with E-state index in [0.717, 1.165) is 36.9 Å². The Morgan fingerprint density at radius 3 is 2.71 bits per heavy atom. The summed E-state index contributed by atoms with van der Waals surface area (Å²) in [7, 11) is 1.69. The molecule has 114 valence electrons. The molecule has 1 aliphatic rings. The number of ether oxygens (including phenoxy) is 1. The van der Waals surface area contributed by atoms with Crippen LogP contribution in [-0.4, -0.2) is 36.8 Å². The van der Waals surface area contributed by atoms with E-state index in [9.17, 15) is 0 Å². The Hall–Kier alpha value is -1.50. The Morgan fingerprint density at radius 1 is 1.33 bits per heavy atom. The lowest BCUT2D eigenvalue weighted by Crippen LogP contribution is -2.33. The van der Waals surface area contributed by atoms with E-state index in [4.69, 9.17) is 9.84 Å². The van der Waals surface area contributed by atoms with Gasteiger partial charge in [-0.1, -0.05) is 25.2 Å². The number of hydrogen-bond acceptors (Lipinski definition) is 3. The summed E-state index contributed by atoms with van der Waals surface area (Å²) in [6.45, 7) is 5.40. The van der Waals surface area contributed by atoms with Gasteiger partial charge < -0.3 is 9.84 Å². The number of hydrogen-bond donors (Lipinski definition) is 1. The second-order valence-corrected chi connectivity index (χ2v) is 5.61. The summed E-state index contributed by atoms with van der Waals surface area (Å²) in [4.78, 5) is 2.49. The van der Waals surface area contributed by atoms with Crippen molar-refractivity contribution in [3.63, 3.8) is 0 Å².